The van der Waals surface area contributed by atoms with Gasteiger partial charge in [0.05, 0.1) is 25.3 Å². The van der Waals surface area contributed by atoms with Gasteiger partial charge in [-0.05, 0) is 23.3 Å². The molecule has 0 aliphatic carbocycles. The van der Waals surface area contributed by atoms with Crippen LogP contribution in [0.1, 0.15) is 31.8 Å². The molecule has 4 aromatic carbocycles. The van der Waals surface area contributed by atoms with Gasteiger partial charge in [0.2, 0.25) is 0 Å². The molecule has 1 fully saturated rings. The number of ether oxygens (including phenoxy) is 4. The third-order valence-electron chi connectivity index (χ3n) is 7.46. The predicted octanol–water partition coefficient (Wildman–Crippen LogP) is 4.62. The molecule has 1 saturated heterocycles. The maximum atomic E-state index is 13.5. The summed E-state index contributed by atoms with van der Waals surface area (Å²) in [5, 5.41) is 0. The lowest BCUT2D eigenvalue weighted by Gasteiger charge is -2.35. The van der Waals surface area contributed by atoms with Gasteiger partial charge in [0.1, 0.15) is 13.2 Å². The molecule has 0 unspecified atom stereocenters. The Balaban J connectivity index is 1.22. The minimum Gasteiger partial charge on any atom is -0.493 e. The number of amides is 2. The van der Waals surface area contributed by atoms with Gasteiger partial charge in [-0.2, -0.15) is 0 Å². The largest absolute Gasteiger partial charge is 0.493 e. The quantitative estimate of drug-likeness (QED) is 0.254. The Hall–Kier alpha value is -5.38. The monoisotopic (exact) mass is 596 g/mol. The highest BCUT2D eigenvalue weighted by Gasteiger charge is 2.29. The minimum absolute atomic E-state index is 0.247. The molecule has 2 amide bonds. The van der Waals surface area contributed by atoms with Gasteiger partial charge in [-0.1, -0.05) is 60.7 Å². The number of carbonyl (C=O) groups excluding carboxylic acids is 2. The van der Waals surface area contributed by atoms with E-state index in [4.69, 9.17) is 30.4 Å². The molecule has 0 radical (unpaired) electrons. The van der Waals surface area contributed by atoms with Gasteiger partial charge in [-0.3, -0.25) is 9.59 Å². The molecular weight excluding hydrogens is 560 g/mol. The molecule has 1 aliphatic rings. The van der Waals surface area contributed by atoms with Crippen LogP contribution in [-0.4, -0.2) is 62.0 Å². The van der Waals surface area contributed by atoms with E-state index in [2.05, 4.69) is 0 Å². The lowest BCUT2D eigenvalue weighted by atomic mass is 10.1. The van der Waals surface area contributed by atoms with E-state index in [9.17, 15) is 9.59 Å². The maximum Gasteiger partial charge on any atom is 0.256 e. The second-order valence-electron chi connectivity index (χ2n) is 10.3. The molecule has 1 heterocycles. The Morgan fingerprint density at radius 1 is 0.591 bits per heavy atom. The Kier molecular flexibility index (Phi) is 9.39. The summed E-state index contributed by atoms with van der Waals surface area (Å²) in [4.78, 5) is 30.3. The Morgan fingerprint density at radius 2 is 0.955 bits per heavy atom. The number of anilines is 2. The number of methoxy groups -OCH3 is 2. The first-order valence-electron chi connectivity index (χ1n) is 14.2. The fourth-order valence-electron chi connectivity index (χ4n) is 4.99. The molecule has 228 valence electrons. The van der Waals surface area contributed by atoms with Crippen molar-refractivity contribution in [3.63, 3.8) is 0 Å². The molecule has 10 heteroatoms. The first kappa shape index (κ1) is 30.1. The van der Waals surface area contributed by atoms with Crippen LogP contribution in [0.25, 0.3) is 0 Å². The summed E-state index contributed by atoms with van der Waals surface area (Å²) in [5.41, 5.74) is 15.8. The first-order valence-corrected chi connectivity index (χ1v) is 14.2. The van der Waals surface area contributed by atoms with Crippen LogP contribution >= 0.6 is 0 Å². The number of nitrogens with two attached hydrogens (primary N) is 2. The van der Waals surface area contributed by atoms with Gasteiger partial charge in [-0.15, -0.1) is 0 Å². The van der Waals surface area contributed by atoms with E-state index in [0.717, 1.165) is 11.1 Å². The molecule has 0 bridgehead atoms. The van der Waals surface area contributed by atoms with E-state index in [-0.39, 0.29) is 23.2 Å². The number of carbonyl (C=O) groups is 2. The van der Waals surface area contributed by atoms with Crippen LogP contribution < -0.4 is 30.4 Å². The standard InChI is InChI=1S/C34H36N4O6/c1-41-29-17-25(27(35)19-31(29)43-21-23-9-5-3-6-10-23)33(39)37-13-15-38(16-14-37)34(40)26-18-30(42-2)32(20-28(26)36)44-22-24-11-7-4-8-12-24/h3-12,17-20H,13-16,21-22,35-36H2,1-2H3. The van der Waals surface area contributed by atoms with Crippen molar-refractivity contribution in [2.75, 3.05) is 51.9 Å². The Morgan fingerprint density at radius 3 is 1.30 bits per heavy atom. The average Bonchev–Trinajstić information content (AvgIpc) is 3.07. The van der Waals surface area contributed by atoms with E-state index < -0.39 is 0 Å². The van der Waals surface area contributed by atoms with Crippen LogP contribution in [-0.2, 0) is 13.2 Å². The molecule has 0 spiro atoms. The van der Waals surface area contributed by atoms with E-state index in [1.807, 2.05) is 60.7 Å². The van der Waals surface area contributed by atoms with Crippen molar-refractivity contribution < 1.29 is 28.5 Å². The number of hydrogen-bond acceptors (Lipinski definition) is 8. The van der Waals surface area contributed by atoms with Crippen molar-refractivity contribution in [3.8, 4) is 23.0 Å². The second kappa shape index (κ2) is 13.7. The topological polar surface area (TPSA) is 130 Å². The fourth-order valence-corrected chi connectivity index (χ4v) is 4.99. The fraction of sp³-hybridized carbons (Fsp3) is 0.235. The smallest absolute Gasteiger partial charge is 0.256 e. The normalized spacial score (nSPS) is 12.9. The number of hydrogen-bond donors (Lipinski definition) is 2. The molecule has 1 aliphatic heterocycles. The van der Waals surface area contributed by atoms with Crippen LogP contribution in [0.3, 0.4) is 0 Å². The Labute approximate surface area is 256 Å². The van der Waals surface area contributed by atoms with E-state index in [1.165, 1.54) is 14.2 Å². The van der Waals surface area contributed by atoms with Crippen LogP contribution in [0, 0.1) is 0 Å². The third-order valence-corrected chi connectivity index (χ3v) is 7.46. The average molecular weight is 597 g/mol. The summed E-state index contributed by atoms with van der Waals surface area (Å²) in [5.74, 6) is 1.23. The number of rotatable bonds is 10. The van der Waals surface area contributed by atoms with Gasteiger partial charge < -0.3 is 40.2 Å². The summed E-state index contributed by atoms with van der Waals surface area (Å²) in [7, 11) is 3.03. The van der Waals surface area contributed by atoms with Crippen LogP contribution in [0.5, 0.6) is 23.0 Å². The van der Waals surface area contributed by atoms with Crippen molar-refractivity contribution in [3.05, 3.63) is 107 Å². The molecule has 4 N–H and O–H groups in total. The highest BCUT2D eigenvalue weighted by molar-refractivity contribution is 6.01. The molecule has 44 heavy (non-hydrogen) atoms. The van der Waals surface area contributed by atoms with Gasteiger partial charge in [-0.25, -0.2) is 0 Å². The van der Waals surface area contributed by atoms with Gasteiger partial charge >= 0.3 is 0 Å². The third kappa shape index (κ3) is 6.81. The molecular formula is C34H36N4O6. The predicted molar refractivity (Wildman–Crippen MR) is 168 cm³/mol. The van der Waals surface area contributed by atoms with Gasteiger partial charge in [0.25, 0.3) is 11.8 Å². The number of nitrogens with zero attached hydrogens (tertiary/aromatic N) is 2. The van der Waals surface area contributed by atoms with Crippen LogP contribution in [0.4, 0.5) is 11.4 Å². The van der Waals surface area contributed by atoms with Crippen LogP contribution in [0.2, 0.25) is 0 Å². The van der Waals surface area contributed by atoms with Crippen molar-refractivity contribution >= 4 is 23.2 Å². The van der Waals surface area contributed by atoms with E-state index in [0.29, 0.717) is 73.5 Å². The summed E-state index contributed by atoms with van der Waals surface area (Å²) in [6.45, 7) is 1.98. The van der Waals surface area contributed by atoms with Crippen molar-refractivity contribution in [2.24, 2.45) is 0 Å². The lowest BCUT2D eigenvalue weighted by molar-refractivity contribution is 0.0536. The highest BCUT2D eigenvalue weighted by Crippen LogP contribution is 2.35. The summed E-state index contributed by atoms with van der Waals surface area (Å²) in [6, 6.07) is 25.9. The van der Waals surface area contributed by atoms with Crippen LogP contribution in [0.15, 0.2) is 84.9 Å². The summed E-state index contributed by atoms with van der Waals surface area (Å²) >= 11 is 0. The van der Waals surface area contributed by atoms with Crippen molar-refractivity contribution in [2.45, 2.75) is 13.2 Å². The highest BCUT2D eigenvalue weighted by atomic mass is 16.5. The number of benzene rings is 4. The zero-order chi connectivity index (χ0) is 31.1. The molecule has 0 saturated carbocycles. The van der Waals surface area contributed by atoms with Gasteiger partial charge in [0.15, 0.2) is 23.0 Å². The number of piperazine rings is 1. The maximum absolute atomic E-state index is 13.5. The van der Waals surface area contributed by atoms with E-state index in [1.54, 1.807) is 34.1 Å². The first-order chi connectivity index (χ1) is 21.4. The SMILES string of the molecule is COc1cc(C(=O)N2CCN(C(=O)c3cc(OC)c(OCc4ccccc4)cc3N)CC2)c(N)cc1OCc1ccccc1. The second-order valence-corrected chi connectivity index (χ2v) is 10.3. The lowest BCUT2D eigenvalue weighted by Crippen LogP contribution is -2.50. The Bertz CT molecular complexity index is 1480. The molecule has 4 aromatic rings. The molecule has 0 atom stereocenters. The van der Waals surface area contributed by atoms with E-state index >= 15 is 0 Å². The summed E-state index contributed by atoms with van der Waals surface area (Å²) < 4.78 is 22.9. The minimum atomic E-state index is -0.247. The molecule has 0 aromatic heterocycles. The molecule has 10 nitrogen and oxygen atoms in total. The van der Waals surface area contributed by atoms with Crippen molar-refractivity contribution in [1.82, 2.24) is 9.80 Å². The summed E-state index contributed by atoms with van der Waals surface area (Å²) in [6.07, 6.45) is 0. The zero-order valence-electron chi connectivity index (χ0n) is 24.8. The molecule has 5 rings (SSSR count). The van der Waals surface area contributed by atoms with Gasteiger partial charge in [0, 0.05) is 49.7 Å². The number of nitrogen functional groups attached to an aromatic ring is 2. The zero-order valence-corrected chi connectivity index (χ0v) is 24.8. The van der Waals surface area contributed by atoms with Crippen molar-refractivity contribution in [1.29, 1.82) is 0 Å².